The number of benzene rings is 1. The van der Waals surface area contributed by atoms with E-state index >= 15 is 0 Å². The van der Waals surface area contributed by atoms with Gasteiger partial charge in [0.15, 0.2) is 0 Å². The van der Waals surface area contributed by atoms with E-state index in [1.165, 1.54) is 6.07 Å². The molecule has 1 aliphatic rings. The Hall–Kier alpha value is -2.28. The normalized spacial score (nSPS) is 15.9. The van der Waals surface area contributed by atoms with Crippen LogP contribution in [0.2, 0.25) is 0 Å². The van der Waals surface area contributed by atoms with Gasteiger partial charge in [0.05, 0.1) is 11.3 Å². The number of halogens is 1. The van der Waals surface area contributed by atoms with E-state index in [4.69, 9.17) is 9.84 Å². The molecule has 0 unspecified atom stereocenters. The standard InChI is InChI=1S/C11H8FNO5/c12-8-3-6(1-2-7(8)11(16)17)13-9(14)4-18-5-10(13)15/h1-3H,4-5H2,(H,16,17). The van der Waals surface area contributed by atoms with Crippen LogP contribution in [0.3, 0.4) is 0 Å². The molecular weight excluding hydrogens is 245 g/mol. The number of carboxylic acid groups (broad SMARTS) is 1. The van der Waals surface area contributed by atoms with Gasteiger partial charge in [-0.25, -0.2) is 14.1 Å². The maximum Gasteiger partial charge on any atom is 0.338 e. The van der Waals surface area contributed by atoms with Crippen LogP contribution in [0.5, 0.6) is 0 Å². The maximum atomic E-state index is 13.4. The molecule has 1 aromatic rings. The van der Waals surface area contributed by atoms with Crippen molar-refractivity contribution in [1.82, 2.24) is 0 Å². The van der Waals surface area contributed by atoms with E-state index in [0.29, 0.717) is 0 Å². The van der Waals surface area contributed by atoms with Crippen molar-refractivity contribution in [2.24, 2.45) is 0 Å². The summed E-state index contributed by atoms with van der Waals surface area (Å²) >= 11 is 0. The number of morpholine rings is 1. The van der Waals surface area contributed by atoms with E-state index in [2.05, 4.69) is 0 Å². The van der Waals surface area contributed by atoms with Gasteiger partial charge in [0, 0.05) is 0 Å². The largest absolute Gasteiger partial charge is 0.478 e. The van der Waals surface area contributed by atoms with Crippen LogP contribution in [-0.2, 0) is 14.3 Å². The third kappa shape index (κ3) is 2.07. The topological polar surface area (TPSA) is 83.9 Å². The fraction of sp³-hybridized carbons (Fsp3) is 0.182. The fourth-order valence-electron chi connectivity index (χ4n) is 1.60. The first kappa shape index (κ1) is 12.2. The summed E-state index contributed by atoms with van der Waals surface area (Å²) in [4.78, 5) is 34.4. The summed E-state index contributed by atoms with van der Waals surface area (Å²) in [5.74, 6) is -3.66. The van der Waals surface area contributed by atoms with E-state index in [9.17, 15) is 18.8 Å². The van der Waals surface area contributed by atoms with E-state index in [1.807, 2.05) is 0 Å². The van der Waals surface area contributed by atoms with Crippen molar-refractivity contribution in [3.8, 4) is 0 Å². The van der Waals surface area contributed by atoms with Crippen molar-refractivity contribution >= 4 is 23.5 Å². The number of anilines is 1. The van der Waals surface area contributed by atoms with Gasteiger partial charge in [-0.15, -0.1) is 0 Å². The minimum Gasteiger partial charge on any atom is -0.478 e. The number of imide groups is 1. The molecule has 0 atom stereocenters. The average molecular weight is 253 g/mol. The fourth-order valence-corrected chi connectivity index (χ4v) is 1.60. The van der Waals surface area contributed by atoms with Crippen LogP contribution in [0.1, 0.15) is 10.4 Å². The summed E-state index contributed by atoms with van der Waals surface area (Å²) in [5.41, 5.74) is -0.525. The van der Waals surface area contributed by atoms with Crippen molar-refractivity contribution < 1.29 is 28.6 Å². The van der Waals surface area contributed by atoms with Crippen molar-refractivity contribution in [3.63, 3.8) is 0 Å². The van der Waals surface area contributed by atoms with Crippen LogP contribution in [0, 0.1) is 5.82 Å². The zero-order chi connectivity index (χ0) is 13.3. The summed E-state index contributed by atoms with van der Waals surface area (Å²) in [6, 6.07) is 3.04. The Morgan fingerprint density at radius 2 is 1.89 bits per heavy atom. The Balaban J connectivity index is 2.39. The molecule has 2 amide bonds. The third-order valence-corrected chi connectivity index (χ3v) is 2.39. The Morgan fingerprint density at radius 3 is 2.39 bits per heavy atom. The molecule has 1 N–H and O–H groups in total. The highest BCUT2D eigenvalue weighted by Gasteiger charge is 2.28. The van der Waals surface area contributed by atoms with Gasteiger partial charge in [-0.2, -0.15) is 0 Å². The predicted octanol–water partition coefficient (Wildman–Crippen LogP) is 0.414. The summed E-state index contributed by atoms with van der Waals surface area (Å²) in [6.07, 6.45) is 0. The summed E-state index contributed by atoms with van der Waals surface area (Å²) in [5, 5.41) is 8.66. The molecule has 1 aromatic carbocycles. The van der Waals surface area contributed by atoms with Crippen molar-refractivity contribution in [3.05, 3.63) is 29.6 Å². The molecule has 1 saturated heterocycles. The number of nitrogens with zero attached hydrogens (tertiary/aromatic N) is 1. The summed E-state index contributed by atoms with van der Waals surface area (Å²) < 4.78 is 18.2. The molecule has 1 aliphatic heterocycles. The van der Waals surface area contributed by atoms with Crippen LogP contribution in [0.25, 0.3) is 0 Å². The predicted molar refractivity (Wildman–Crippen MR) is 56.7 cm³/mol. The van der Waals surface area contributed by atoms with Gasteiger partial charge in [-0.1, -0.05) is 0 Å². The lowest BCUT2D eigenvalue weighted by Gasteiger charge is -2.24. The minimum atomic E-state index is -1.42. The van der Waals surface area contributed by atoms with Crippen LogP contribution in [0.15, 0.2) is 18.2 Å². The van der Waals surface area contributed by atoms with Crippen molar-refractivity contribution in [1.29, 1.82) is 0 Å². The molecule has 0 bridgehead atoms. The monoisotopic (exact) mass is 253 g/mol. The number of carbonyl (C=O) groups excluding carboxylic acids is 2. The lowest BCUT2D eigenvalue weighted by Crippen LogP contribution is -2.46. The quantitative estimate of drug-likeness (QED) is 0.772. The highest BCUT2D eigenvalue weighted by Crippen LogP contribution is 2.21. The van der Waals surface area contributed by atoms with Crippen molar-refractivity contribution in [2.75, 3.05) is 18.1 Å². The number of hydrogen-bond acceptors (Lipinski definition) is 4. The van der Waals surface area contributed by atoms with E-state index in [-0.39, 0.29) is 18.9 Å². The molecule has 6 nitrogen and oxygen atoms in total. The number of carbonyl (C=O) groups is 3. The molecule has 94 valence electrons. The number of aromatic carboxylic acids is 1. The average Bonchev–Trinajstić information content (AvgIpc) is 2.28. The molecule has 7 heteroatoms. The van der Waals surface area contributed by atoms with Gasteiger partial charge in [0.1, 0.15) is 19.0 Å². The van der Waals surface area contributed by atoms with E-state index < -0.39 is 29.2 Å². The van der Waals surface area contributed by atoms with Crippen LogP contribution < -0.4 is 4.90 Å². The van der Waals surface area contributed by atoms with Crippen molar-refractivity contribution in [2.45, 2.75) is 0 Å². The first-order valence-electron chi connectivity index (χ1n) is 4.97. The highest BCUT2D eigenvalue weighted by molar-refractivity contribution is 6.17. The molecule has 0 aromatic heterocycles. The Kier molecular flexibility index (Phi) is 3.07. The van der Waals surface area contributed by atoms with Gasteiger partial charge < -0.3 is 9.84 Å². The molecule has 0 aliphatic carbocycles. The smallest absolute Gasteiger partial charge is 0.338 e. The second-order valence-electron chi connectivity index (χ2n) is 3.58. The zero-order valence-electron chi connectivity index (χ0n) is 9.05. The van der Waals surface area contributed by atoms with Gasteiger partial charge in [0.25, 0.3) is 11.8 Å². The first-order valence-corrected chi connectivity index (χ1v) is 4.97. The van der Waals surface area contributed by atoms with Crippen LogP contribution in [-0.4, -0.2) is 36.1 Å². The molecule has 18 heavy (non-hydrogen) atoms. The lowest BCUT2D eigenvalue weighted by atomic mass is 10.1. The van der Waals surface area contributed by atoms with Gasteiger partial charge in [-0.3, -0.25) is 9.59 Å². The number of ether oxygens (including phenoxy) is 1. The molecule has 0 spiro atoms. The maximum absolute atomic E-state index is 13.4. The zero-order valence-corrected chi connectivity index (χ0v) is 9.05. The number of rotatable bonds is 2. The highest BCUT2D eigenvalue weighted by atomic mass is 19.1. The van der Waals surface area contributed by atoms with Gasteiger partial charge in [-0.05, 0) is 18.2 Å². The molecule has 0 saturated carbocycles. The molecule has 2 rings (SSSR count). The van der Waals surface area contributed by atoms with E-state index in [1.54, 1.807) is 0 Å². The molecule has 0 radical (unpaired) electrons. The molecular formula is C11H8FNO5. The molecule has 1 fully saturated rings. The Morgan fingerprint density at radius 1 is 1.28 bits per heavy atom. The molecule has 1 heterocycles. The second kappa shape index (κ2) is 4.53. The van der Waals surface area contributed by atoms with Crippen LogP contribution >= 0.6 is 0 Å². The first-order chi connectivity index (χ1) is 8.50. The summed E-state index contributed by atoms with van der Waals surface area (Å²) in [6.45, 7) is -0.540. The number of carboxylic acids is 1. The number of hydrogen-bond donors (Lipinski definition) is 1. The summed E-state index contributed by atoms with van der Waals surface area (Å²) in [7, 11) is 0. The van der Waals surface area contributed by atoms with Gasteiger partial charge in [0.2, 0.25) is 0 Å². The van der Waals surface area contributed by atoms with Gasteiger partial charge >= 0.3 is 5.97 Å². The number of amides is 2. The SMILES string of the molecule is O=C(O)c1ccc(N2C(=O)COCC2=O)cc1F. The lowest BCUT2D eigenvalue weighted by molar-refractivity contribution is -0.138. The Labute approximate surface area is 101 Å². The minimum absolute atomic E-state index is 0.00389. The third-order valence-electron chi connectivity index (χ3n) is 2.39. The second-order valence-corrected chi connectivity index (χ2v) is 3.58. The Bertz CT molecular complexity index is 526. The van der Waals surface area contributed by atoms with E-state index in [0.717, 1.165) is 17.0 Å². The van der Waals surface area contributed by atoms with Crippen LogP contribution in [0.4, 0.5) is 10.1 Å².